The first-order valence-corrected chi connectivity index (χ1v) is 6.33. The number of hydrogen-bond acceptors (Lipinski definition) is 1. The molecule has 1 aliphatic rings. The van der Waals surface area contributed by atoms with Crippen LogP contribution in [0.4, 0.5) is 0 Å². The molecule has 1 aliphatic heterocycles. The van der Waals surface area contributed by atoms with Gasteiger partial charge in [0.05, 0.1) is 13.2 Å². The van der Waals surface area contributed by atoms with E-state index in [1.54, 1.807) is 0 Å². The molecule has 1 heteroatoms. The lowest BCUT2D eigenvalue weighted by Crippen LogP contribution is -2.14. The second-order valence-corrected chi connectivity index (χ2v) is 5.36. The number of fused-ring (bicyclic) bond motifs is 1. The highest BCUT2D eigenvalue weighted by atomic mass is 16.5. The Bertz CT molecular complexity index is 377. The second-order valence-electron chi connectivity index (χ2n) is 5.36. The second kappa shape index (κ2) is 4.58. The summed E-state index contributed by atoms with van der Waals surface area (Å²) in [4.78, 5) is 0. The van der Waals surface area contributed by atoms with Gasteiger partial charge in [-0.15, -0.1) is 0 Å². The number of rotatable bonds is 2. The van der Waals surface area contributed by atoms with Crippen molar-refractivity contribution < 1.29 is 4.74 Å². The molecule has 0 saturated carbocycles. The van der Waals surface area contributed by atoms with E-state index < -0.39 is 0 Å². The van der Waals surface area contributed by atoms with Crippen LogP contribution in [-0.4, -0.2) is 6.61 Å². The summed E-state index contributed by atoms with van der Waals surface area (Å²) in [6.07, 6.45) is 1.08. The van der Waals surface area contributed by atoms with E-state index in [0.717, 1.165) is 19.6 Å². The Hall–Kier alpha value is -0.820. The summed E-state index contributed by atoms with van der Waals surface area (Å²) >= 11 is 0. The molecule has 1 heterocycles. The van der Waals surface area contributed by atoms with Crippen molar-refractivity contribution in [3.05, 3.63) is 34.4 Å². The van der Waals surface area contributed by atoms with Crippen molar-refractivity contribution in [1.29, 1.82) is 0 Å². The van der Waals surface area contributed by atoms with Gasteiger partial charge in [-0.05, 0) is 40.5 Å². The maximum Gasteiger partial charge on any atom is 0.0722 e. The topological polar surface area (TPSA) is 9.23 Å². The maximum absolute atomic E-state index is 5.59. The molecule has 0 spiro atoms. The van der Waals surface area contributed by atoms with Crippen molar-refractivity contribution in [3.63, 3.8) is 0 Å². The Balaban J connectivity index is 2.52. The molecule has 2 rings (SSSR count). The van der Waals surface area contributed by atoms with Crippen LogP contribution in [0.5, 0.6) is 0 Å². The zero-order chi connectivity index (χ0) is 11.7. The molecule has 1 aromatic rings. The average Bonchev–Trinajstić information content (AvgIpc) is 2.27. The normalized spacial score (nSPS) is 15.6. The molecule has 0 saturated heterocycles. The van der Waals surface area contributed by atoms with Crippen LogP contribution in [0.3, 0.4) is 0 Å². The fraction of sp³-hybridized carbons (Fsp3) is 0.600. The van der Waals surface area contributed by atoms with Crippen LogP contribution in [0.25, 0.3) is 0 Å². The Morgan fingerprint density at radius 2 is 1.81 bits per heavy atom. The van der Waals surface area contributed by atoms with Crippen LogP contribution in [-0.2, 0) is 17.8 Å². The lowest BCUT2D eigenvalue weighted by Gasteiger charge is -2.24. The van der Waals surface area contributed by atoms with Crippen LogP contribution in [0, 0.1) is 0 Å². The van der Waals surface area contributed by atoms with E-state index in [0.29, 0.717) is 11.8 Å². The van der Waals surface area contributed by atoms with Crippen molar-refractivity contribution in [2.75, 3.05) is 6.61 Å². The van der Waals surface area contributed by atoms with Crippen LogP contribution in [0.2, 0.25) is 0 Å². The summed E-state index contributed by atoms with van der Waals surface area (Å²) in [5, 5.41) is 0. The monoisotopic (exact) mass is 218 g/mol. The SMILES string of the molecule is CC(C)c1cc2c(c(C(C)C)c1)COCC2. The highest BCUT2D eigenvalue weighted by Crippen LogP contribution is 2.30. The van der Waals surface area contributed by atoms with Crippen molar-refractivity contribution in [2.24, 2.45) is 0 Å². The molecule has 16 heavy (non-hydrogen) atoms. The van der Waals surface area contributed by atoms with Crippen molar-refractivity contribution in [3.8, 4) is 0 Å². The van der Waals surface area contributed by atoms with Crippen LogP contribution in [0.15, 0.2) is 12.1 Å². The van der Waals surface area contributed by atoms with Gasteiger partial charge in [0, 0.05) is 0 Å². The Morgan fingerprint density at radius 3 is 2.44 bits per heavy atom. The highest BCUT2D eigenvalue weighted by Gasteiger charge is 2.17. The van der Waals surface area contributed by atoms with Crippen molar-refractivity contribution >= 4 is 0 Å². The van der Waals surface area contributed by atoms with E-state index in [1.807, 2.05) is 0 Å². The first-order chi connectivity index (χ1) is 7.59. The van der Waals surface area contributed by atoms with Gasteiger partial charge in [0.15, 0.2) is 0 Å². The largest absolute Gasteiger partial charge is 0.376 e. The van der Waals surface area contributed by atoms with E-state index in [1.165, 1.54) is 22.3 Å². The van der Waals surface area contributed by atoms with E-state index in [-0.39, 0.29) is 0 Å². The fourth-order valence-electron chi connectivity index (χ4n) is 2.39. The Morgan fingerprint density at radius 1 is 1.06 bits per heavy atom. The predicted molar refractivity (Wildman–Crippen MR) is 68.0 cm³/mol. The molecule has 0 amide bonds. The first-order valence-electron chi connectivity index (χ1n) is 6.33. The Kier molecular flexibility index (Phi) is 3.34. The van der Waals surface area contributed by atoms with Crippen molar-refractivity contribution in [2.45, 2.75) is 52.6 Å². The van der Waals surface area contributed by atoms with E-state index in [2.05, 4.69) is 39.8 Å². The summed E-state index contributed by atoms with van der Waals surface area (Å²) in [5.41, 5.74) is 5.93. The molecule has 1 nitrogen and oxygen atoms in total. The van der Waals surface area contributed by atoms with Gasteiger partial charge in [0.25, 0.3) is 0 Å². The molecule has 0 unspecified atom stereocenters. The average molecular weight is 218 g/mol. The van der Waals surface area contributed by atoms with E-state index in [4.69, 9.17) is 4.74 Å². The van der Waals surface area contributed by atoms with E-state index in [9.17, 15) is 0 Å². The molecule has 0 atom stereocenters. The number of hydrogen-bond donors (Lipinski definition) is 0. The molecule has 0 N–H and O–H groups in total. The molecular weight excluding hydrogens is 196 g/mol. The minimum absolute atomic E-state index is 0.592. The lowest BCUT2D eigenvalue weighted by atomic mass is 9.87. The third kappa shape index (κ3) is 2.15. The molecule has 0 bridgehead atoms. The van der Waals surface area contributed by atoms with Crippen LogP contribution >= 0.6 is 0 Å². The fourth-order valence-corrected chi connectivity index (χ4v) is 2.39. The van der Waals surface area contributed by atoms with E-state index >= 15 is 0 Å². The van der Waals surface area contributed by atoms with Gasteiger partial charge in [-0.1, -0.05) is 39.8 Å². The minimum atomic E-state index is 0.592. The molecular formula is C15H22O. The Labute approximate surface area is 98.8 Å². The third-order valence-electron chi connectivity index (χ3n) is 3.45. The molecule has 0 aliphatic carbocycles. The lowest BCUT2D eigenvalue weighted by molar-refractivity contribution is 0.110. The molecule has 1 aromatic carbocycles. The smallest absolute Gasteiger partial charge is 0.0722 e. The quantitative estimate of drug-likeness (QED) is 0.729. The summed E-state index contributed by atoms with van der Waals surface area (Å²) in [5.74, 6) is 1.21. The predicted octanol–water partition coefficient (Wildman–Crippen LogP) is 4.01. The van der Waals surface area contributed by atoms with Gasteiger partial charge in [0.2, 0.25) is 0 Å². The summed E-state index contributed by atoms with van der Waals surface area (Å²) in [6.45, 7) is 10.8. The molecule has 88 valence electrons. The molecule has 0 aromatic heterocycles. The number of ether oxygens (including phenoxy) is 1. The van der Waals surface area contributed by atoms with Gasteiger partial charge >= 0.3 is 0 Å². The van der Waals surface area contributed by atoms with Gasteiger partial charge in [-0.25, -0.2) is 0 Å². The van der Waals surface area contributed by atoms with Gasteiger partial charge in [-0.2, -0.15) is 0 Å². The molecule has 0 fully saturated rings. The van der Waals surface area contributed by atoms with Crippen LogP contribution in [0.1, 0.15) is 61.8 Å². The summed E-state index contributed by atoms with van der Waals surface area (Å²) in [7, 11) is 0. The third-order valence-corrected chi connectivity index (χ3v) is 3.45. The number of benzene rings is 1. The van der Waals surface area contributed by atoms with Gasteiger partial charge < -0.3 is 4.74 Å². The zero-order valence-electron chi connectivity index (χ0n) is 10.8. The standard InChI is InChI=1S/C15H22O/c1-10(2)13-7-12-5-6-16-9-15(12)14(8-13)11(3)4/h7-8,10-11H,5-6,9H2,1-4H3. The highest BCUT2D eigenvalue weighted by molar-refractivity contribution is 5.42. The summed E-state index contributed by atoms with van der Waals surface area (Å²) < 4.78 is 5.59. The van der Waals surface area contributed by atoms with Crippen molar-refractivity contribution in [1.82, 2.24) is 0 Å². The van der Waals surface area contributed by atoms with Crippen LogP contribution < -0.4 is 0 Å². The zero-order valence-corrected chi connectivity index (χ0v) is 10.8. The molecule has 0 radical (unpaired) electrons. The maximum atomic E-state index is 5.59. The summed E-state index contributed by atoms with van der Waals surface area (Å²) in [6, 6.07) is 4.76. The first kappa shape index (κ1) is 11.7. The minimum Gasteiger partial charge on any atom is -0.376 e. The van der Waals surface area contributed by atoms with Gasteiger partial charge in [0.1, 0.15) is 0 Å². The van der Waals surface area contributed by atoms with Gasteiger partial charge in [-0.3, -0.25) is 0 Å².